The van der Waals surface area contributed by atoms with Crippen molar-refractivity contribution >= 4 is 17.2 Å². The van der Waals surface area contributed by atoms with E-state index in [0.717, 1.165) is 31.4 Å². The molecule has 4 nitrogen and oxygen atoms in total. The van der Waals surface area contributed by atoms with Crippen molar-refractivity contribution in [2.75, 3.05) is 13.6 Å². The Balaban J connectivity index is 2.03. The molecule has 0 aliphatic heterocycles. The van der Waals surface area contributed by atoms with E-state index >= 15 is 0 Å². The fraction of sp³-hybridized carbons (Fsp3) is 0.667. The first kappa shape index (κ1) is 12.5. The number of nitrogens with zero attached hydrogens (tertiary/aromatic N) is 2. The Hall–Kier alpha value is -0.940. The Labute approximate surface area is 105 Å². The number of carbonyl (C=O) groups is 1. The van der Waals surface area contributed by atoms with Gasteiger partial charge < -0.3 is 10.0 Å². The third-order valence-corrected chi connectivity index (χ3v) is 4.27. The molecule has 1 aliphatic rings. The highest BCUT2D eigenvalue weighted by Crippen LogP contribution is 2.30. The molecule has 1 aromatic heterocycles. The zero-order valence-corrected chi connectivity index (χ0v) is 11.1. The summed E-state index contributed by atoms with van der Waals surface area (Å²) in [6.07, 6.45) is 3.70. The quantitative estimate of drug-likeness (QED) is 0.895. The van der Waals surface area contributed by atoms with Crippen LogP contribution in [-0.2, 0) is 0 Å². The van der Waals surface area contributed by atoms with Gasteiger partial charge in [-0.2, -0.15) is 0 Å². The molecule has 1 amide bonds. The van der Waals surface area contributed by atoms with Crippen LogP contribution in [-0.4, -0.2) is 40.1 Å². The molecule has 0 unspecified atom stereocenters. The van der Waals surface area contributed by atoms with E-state index in [1.54, 1.807) is 17.5 Å². The minimum absolute atomic E-state index is 0.0367. The number of hydrogen-bond acceptors (Lipinski definition) is 4. The first-order valence-corrected chi connectivity index (χ1v) is 6.78. The number of carbonyl (C=O) groups excluding carboxylic acids is 1. The van der Waals surface area contributed by atoms with Crippen LogP contribution in [0.2, 0.25) is 0 Å². The molecule has 1 heterocycles. The lowest BCUT2D eigenvalue weighted by atomic mass is 10.0. The van der Waals surface area contributed by atoms with Crippen LogP contribution >= 0.6 is 11.3 Å². The van der Waals surface area contributed by atoms with E-state index in [1.165, 1.54) is 11.3 Å². The smallest absolute Gasteiger partial charge is 0.265 e. The van der Waals surface area contributed by atoms with Gasteiger partial charge >= 0.3 is 0 Å². The van der Waals surface area contributed by atoms with Crippen LogP contribution in [0.15, 0.2) is 5.51 Å². The summed E-state index contributed by atoms with van der Waals surface area (Å²) in [5, 5.41) is 10.3. The topological polar surface area (TPSA) is 53.4 Å². The first-order valence-electron chi connectivity index (χ1n) is 5.90. The standard InChI is InChI=1S/C12H18N2O2S/c1-9-10(17-8-13-9)11(15)14(2)7-12(16)5-3-4-6-12/h8,16H,3-7H2,1-2H3. The van der Waals surface area contributed by atoms with Crippen molar-refractivity contribution in [3.63, 3.8) is 0 Å². The molecule has 94 valence electrons. The average molecular weight is 254 g/mol. The van der Waals surface area contributed by atoms with Gasteiger partial charge in [-0.05, 0) is 19.8 Å². The van der Waals surface area contributed by atoms with E-state index in [0.29, 0.717) is 11.4 Å². The van der Waals surface area contributed by atoms with Gasteiger partial charge in [0, 0.05) is 13.6 Å². The molecule has 2 rings (SSSR count). The molecule has 1 aliphatic carbocycles. The lowest BCUT2D eigenvalue weighted by Gasteiger charge is -2.28. The predicted molar refractivity (Wildman–Crippen MR) is 67.2 cm³/mol. The Bertz CT molecular complexity index is 410. The van der Waals surface area contributed by atoms with Crippen molar-refractivity contribution in [3.8, 4) is 0 Å². The van der Waals surface area contributed by atoms with E-state index in [4.69, 9.17) is 0 Å². The molecule has 17 heavy (non-hydrogen) atoms. The predicted octanol–water partition coefficient (Wildman–Crippen LogP) is 1.83. The summed E-state index contributed by atoms with van der Waals surface area (Å²) >= 11 is 1.36. The van der Waals surface area contributed by atoms with Crippen LogP contribution in [0, 0.1) is 6.92 Å². The summed E-state index contributed by atoms with van der Waals surface area (Å²) in [5.41, 5.74) is 1.77. The summed E-state index contributed by atoms with van der Waals surface area (Å²) < 4.78 is 0. The van der Waals surface area contributed by atoms with Gasteiger partial charge in [0.2, 0.25) is 0 Å². The van der Waals surface area contributed by atoms with Gasteiger partial charge in [0.1, 0.15) is 4.88 Å². The van der Waals surface area contributed by atoms with Crippen LogP contribution in [0.4, 0.5) is 0 Å². The highest BCUT2D eigenvalue weighted by atomic mass is 32.1. The second-order valence-electron chi connectivity index (χ2n) is 4.86. The van der Waals surface area contributed by atoms with Crippen LogP contribution in [0.3, 0.4) is 0 Å². The number of aromatic nitrogens is 1. The molecule has 0 radical (unpaired) electrons. The van der Waals surface area contributed by atoms with Crippen molar-refractivity contribution in [2.45, 2.75) is 38.2 Å². The van der Waals surface area contributed by atoms with Crippen LogP contribution in [0.1, 0.15) is 41.0 Å². The molecule has 0 atom stereocenters. The van der Waals surface area contributed by atoms with E-state index in [2.05, 4.69) is 4.98 Å². The van der Waals surface area contributed by atoms with Crippen molar-refractivity contribution in [1.29, 1.82) is 0 Å². The summed E-state index contributed by atoms with van der Waals surface area (Å²) in [6.45, 7) is 2.25. The Kier molecular flexibility index (Phi) is 3.49. The second-order valence-corrected chi connectivity index (χ2v) is 5.71. The summed E-state index contributed by atoms with van der Waals surface area (Å²) in [7, 11) is 1.75. The molecule has 0 spiro atoms. The minimum atomic E-state index is -0.678. The number of likely N-dealkylation sites (N-methyl/N-ethyl adjacent to an activating group) is 1. The Morgan fingerprint density at radius 1 is 1.59 bits per heavy atom. The van der Waals surface area contributed by atoms with Crippen molar-refractivity contribution in [3.05, 3.63) is 16.1 Å². The monoisotopic (exact) mass is 254 g/mol. The molecule has 1 saturated carbocycles. The average Bonchev–Trinajstić information content (AvgIpc) is 2.86. The molecular weight excluding hydrogens is 236 g/mol. The third kappa shape index (κ3) is 2.66. The molecular formula is C12H18N2O2S. The van der Waals surface area contributed by atoms with Crippen molar-refractivity contribution in [2.24, 2.45) is 0 Å². The number of thiazole rings is 1. The minimum Gasteiger partial charge on any atom is -0.388 e. The number of aliphatic hydroxyl groups is 1. The Morgan fingerprint density at radius 3 is 2.76 bits per heavy atom. The van der Waals surface area contributed by atoms with Crippen LogP contribution in [0.25, 0.3) is 0 Å². The summed E-state index contributed by atoms with van der Waals surface area (Å²) in [5.74, 6) is -0.0367. The normalized spacial score (nSPS) is 18.3. The zero-order chi connectivity index (χ0) is 12.5. The third-order valence-electron chi connectivity index (χ3n) is 3.35. The summed E-state index contributed by atoms with van der Waals surface area (Å²) in [4.78, 5) is 18.5. The SMILES string of the molecule is Cc1ncsc1C(=O)N(C)CC1(O)CCCC1. The van der Waals surface area contributed by atoms with E-state index in [1.807, 2.05) is 6.92 Å². The molecule has 1 aromatic rings. The number of rotatable bonds is 3. The Morgan fingerprint density at radius 2 is 2.24 bits per heavy atom. The molecule has 5 heteroatoms. The summed E-state index contributed by atoms with van der Waals surface area (Å²) in [6, 6.07) is 0. The highest BCUT2D eigenvalue weighted by molar-refractivity contribution is 7.11. The van der Waals surface area contributed by atoms with Crippen LogP contribution < -0.4 is 0 Å². The first-order chi connectivity index (χ1) is 8.02. The fourth-order valence-corrected chi connectivity index (χ4v) is 3.18. The molecule has 1 fully saturated rings. The maximum Gasteiger partial charge on any atom is 0.265 e. The lowest BCUT2D eigenvalue weighted by molar-refractivity contribution is 0.0158. The number of hydrogen-bond donors (Lipinski definition) is 1. The van der Waals surface area contributed by atoms with Gasteiger partial charge in [0.05, 0.1) is 16.8 Å². The molecule has 1 N–H and O–H groups in total. The van der Waals surface area contributed by atoms with Crippen LogP contribution in [0.5, 0.6) is 0 Å². The van der Waals surface area contributed by atoms with Gasteiger partial charge in [-0.25, -0.2) is 4.98 Å². The molecule has 0 aromatic carbocycles. The molecule has 0 bridgehead atoms. The maximum atomic E-state index is 12.1. The fourth-order valence-electron chi connectivity index (χ4n) is 2.39. The van der Waals surface area contributed by atoms with Gasteiger partial charge in [0.15, 0.2) is 0 Å². The van der Waals surface area contributed by atoms with E-state index in [9.17, 15) is 9.90 Å². The van der Waals surface area contributed by atoms with Crippen molar-refractivity contribution in [1.82, 2.24) is 9.88 Å². The maximum absolute atomic E-state index is 12.1. The van der Waals surface area contributed by atoms with Gasteiger partial charge in [-0.15, -0.1) is 11.3 Å². The van der Waals surface area contributed by atoms with Gasteiger partial charge in [-0.3, -0.25) is 4.79 Å². The second kappa shape index (κ2) is 4.74. The van der Waals surface area contributed by atoms with Gasteiger partial charge in [0.25, 0.3) is 5.91 Å². The largest absolute Gasteiger partial charge is 0.388 e. The van der Waals surface area contributed by atoms with Gasteiger partial charge in [-0.1, -0.05) is 12.8 Å². The van der Waals surface area contributed by atoms with E-state index < -0.39 is 5.60 Å². The van der Waals surface area contributed by atoms with Crippen molar-refractivity contribution < 1.29 is 9.90 Å². The lowest BCUT2D eigenvalue weighted by Crippen LogP contribution is -2.42. The molecule has 0 saturated heterocycles. The number of amides is 1. The number of aryl methyl sites for hydroxylation is 1. The highest BCUT2D eigenvalue weighted by Gasteiger charge is 2.34. The zero-order valence-electron chi connectivity index (χ0n) is 10.3. The van der Waals surface area contributed by atoms with E-state index in [-0.39, 0.29) is 5.91 Å².